The van der Waals surface area contributed by atoms with Crippen LogP contribution in [0, 0.1) is 0 Å². The van der Waals surface area contributed by atoms with E-state index in [9.17, 15) is 14.4 Å². The number of rotatable bonds is 11. The van der Waals surface area contributed by atoms with Gasteiger partial charge in [-0.05, 0) is 13.3 Å². The smallest absolute Gasteiger partial charge is 0.325 e. The first-order valence-corrected chi connectivity index (χ1v) is 11.2. The van der Waals surface area contributed by atoms with Crippen LogP contribution in [0.3, 0.4) is 0 Å². The number of esters is 1. The number of carbonyl (C=O) groups is 3. The van der Waals surface area contributed by atoms with Gasteiger partial charge in [-0.15, -0.1) is 0 Å². The van der Waals surface area contributed by atoms with Gasteiger partial charge in [-0.1, -0.05) is 57.2 Å². The average Bonchev–Trinajstić information content (AvgIpc) is 3.03. The third-order valence-electron chi connectivity index (χ3n) is 4.95. The van der Waals surface area contributed by atoms with E-state index in [2.05, 4.69) is 17.2 Å². The highest BCUT2D eigenvalue weighted by Gasteiger charge is 2.48. The quantitative estimate of drug-likeness (QED) is 0.414. The second-order valence-corrected chi connectivity index (χ2v) is 8.03. The van der Waals surface area contributed by atoms with Gasteiger partial charge in [0.05, 0.1) is 12.4 Å². The van der Waals surface area contributed by atoms with Gasteiger partial charge in [0, 0.05) is 13.6 Å². The summed E-state index contributed by atoms with van der Waals surface area (Å²) in [7, 11) is 1.63. The summed E-state index contributed by atoms with van der Waals surface area (Å²) >= 11 is 1.27. The van der Waals surface area contributed by atoms with Crippen LogP contribution in [0.1, 0.15) is 58.8 Å². The van der Waals surface area contributed by atoms with E-state index in [0.29, 0.717) is 18.3 Å². The van der Waals surface area contributed by atoms with Crippen LogP contribution >= 0.6 is 11.8 Å². The molecule has 1 saturated heterocycles. The second kappa shape index (κ2) is 11.3. The van der Waals surface area contributed by atoms with Crippen molar-refractivity contribution in [1.29, 1.82) is 0 Å². The first-order chi connectivity index (χ1) is 13.5. The lowest BCUT2D eigenvalue weighted by atomic mass is 10.1. The zero-order chi connectivity index (χ0) is 20.5. The Hall–Kier alpha value is -1.77. The summed E-state index contributed by atoms with van der Waals surface area (Å²) in [5.74, 6) is -0.500. The average molecular weight is 413 g/mol. The molecule has 3 amide bonds. The Labute approximate surface area is 171 Å². The number of fused-ring (bicyclic) bond motifs is 1. The molecule has 0 aliphatic carbocycles. The van der Waals surface area contributed by atoms with Gasteiger partial charge in [0.2, 0.25) is 0 Å². The van der Waals surface area contributed by atoms with Crippen LogP contribution in [0.2, 0.25) is 0 Å². The summed E-state index contributed by atoms with van der Waals surface area (Å²) < 4.78 is 4.98. The van der Waals surface area contributed by atoms with Crippen molar-refractivity contribution in [2.24, 2.45) is 4.99 Å². The molecule has 28 heavy (non-hydrogen) atoms. The number of unbranched alkanes of at least 4 members (excludes halogenated alkanes) is 6. The molecule has 2 atom stereocenters. The third-order valence-corrected chi connectivity index (χ3v) is 5.93. The summed E-state index contributed by atoms with van der Waals surface area (Å²) in [6.07, 6.45) is 7.67. The zero-order valence-corrected chi connectivity index (χ0v) is 17.9. The lowest BCUT2D eigenvalue weighted by molar-refractivity contribution is -0.139. The van der Waals surface area contributed by atoms with E-state index in [0.717, 1.165) is 12.8 Å². The highest BCUT2D eigenvalue weighted by molar-refractivity contribution is 8.14. The third kappa shape index (κ3) is 5.86. The maximum atomic E-state index is 12.5. The van der Waals surface area contributed by atoms with Crippen molar-refractivity contribution < 1.29 is 19.1 Å². The fraction of sp³-hybridized carbons (Fsp3) is 0.789. The van der Waals surface area contributed by atoms with Crippen LogP contribution in [-0.4, -0.2) is 71.0 Å². The van der Waals surface area contributed by atoms with Crippen LogP contribution in [0.15, 0.2) is 4.99 Å². The Balaban J connectivity index is 1.96. The van der Waals surface area contributed by atoms with E-state index in [4.69, 9.17) is 4.74 Å². The number of thioether (sulfide) groups is 1. The van der Waals surface area contributed by atoms with E-state index in [1.807, 2.05) is 4.90 Å². The van der Waals surface area contributed by atoms with Gasteiger partial charge < -0.3 is 14.5 Å². The molecule has 0 aromatic rings. The summed E-state index contributed by atoms with van der Waals surface area (Å²) in [5, 5.41) is 3.02. The highest BCUT2D eigenvalue weighted by Crippen LogP contribution is 2.29. The molecule has 2 heterocycles. The minimum atomic E-state index is -0.546. The van der Waals surface area contributed by atoms with Crippen molar-refractivity contribution >= 4 is 34.8 Å². The summed E-state index contributed by atoms with van der Waals surface area (Å²) in [4.78, 5) is 44.1. The minimum absolute atomic E-state index is 0.138. The maximum Gasteiger partial charge on any atom is 0.325 e. The molecule has 2 unspecified atom stereocenters. The molecular weight excluding hydrogens is 380 g/mol. The van der Waals surface area contributed by atoms with E-state index in [1.165, 1.54) is 48.8 Å². The monoisotopic (exact) mass is 412 g/mol. The van der Waals surface area contributed by atoms with Crippen molar-refractivity contribution in [1.82, 2.24) is 15.1 Å². The van der Waals surface area contributed by atoms with Gasteiger partial charge in [-0.25, -0.2) is 9.79 Å². The van der Waals surface area contributed by atoms with E-state index in [-0.39, 0.29) is 17.6 Å². The first-order valence-electron chi connectivity index (χ1n) is 10.2. The Bertz CT molecular complexity index is 598. The molecule has 0 aromatic carbocycles. The Morgan fingerprint density at radius 1 is 1.14 bits per heavy atom. The number of amidine groups is 1. The van der Waals surface area contributed by atoms with Crippen molar-refractivity contribution in [3.8, 4) is 0 Å². The highest BCUT2D eigenvalue weighted by atomic mass is 32.2. The largest absolute Gasteiger partial charge is 0.465 e. The molecule has 158 valence electrons. The molecule has 8 nitrogen and oxygen atoms in total. The predicted octanol–water partition coefficient (Wildman–Crippen LogP) is 2.58. The number of nitrogens with zero attached hydrogens (tertiary/aromatic N) is 3. The van der Waals surface area contributed by atoms with Crippen molar-refractivity contribution in [2.75, 3.05) is 26.0 Å². The van der Waals surface area contributed by atoms with E-state index >= 15 is 0 Å². The zero-order valence-electron chi connectivity index (χ0n) is 17.1. The number of hydrogen-bond acceptors (Lipinski definition) is 7. The van der Waals surface area contributed by atoms with E-state index in [1.54, 1.807) is 14.0 Å². The van der Waals surface area contributed by atoms with Crippen LogP contribution < -0.4 is 5.32 Å². The number of carbonyl (C=O) groups excluding carboxylic acids is 3. The van der Waals surface area contributed by atoms with Gasteiger partial charge >= 0.3 is 12.0 Å². The Kier molecular flexibility index (Phi) is 9.08. The van der Waals surface area contributed by atoms with Gasteiger partial charge in [0.1, 0.15) is 0 Å². The molecule has 0 spiro atoms. The Morgan fingerprint density at radius 3 is 2.50 bits per heavy atom. The summed E-state index contributed by atoms with van der Waals surface area (Å²) in [5.41, 5.74) is 0. The van der Waals surface area contributed by atoms with Gasteiger partial charge in [-0.3, -0.25) is 14.9 Å². The topological polar surface area (TPSA) is 91.3 Å². The van der Waals surface area contributed by atoms with Crippen molar-refractivity contribution in [2.45, 2.75) is 71.0 Å². The number of amides is 3. The minimum Gasteiger partial charge on any atom is -0.465 e. The van der Waals surface area contributed by atoms with Crippen LogP contribution in [0.5, 0.6) is 0 Å². The Morgan fingerprint density at radius 2 is 1.82 bits per heavy atom. The number of nitrogens with one attached hydrogen (secondary N) is 1. The number of urea groups is 1. The molecule has 0 aromatic heterocycles. The number of likely N-dealkylation sites (N-methyl/N-ethyl adjacent to an activating group) is 1. The standard InChI is InChI=1S/C19H32N4O4S/c1-4-6-7-8-9-10-11-12-23-15-16(22(3)18(26)21-17(15)25)20-19(23)28-13-14(24)27-5-2/h15-16H,4-13H2,1-3H3,(H,21,25,26). The first kappa shape index (κ1) is 22.5. The van der Waals surface area contributed by atoms with Crippen molar-refractivity contribution in [3.63, 3.8) is 0 Å². The molecule has 1 fully saturated rings. The predicted molar refractivity (Wildman–Crippen MR) is 110 cm³/mol. The number of aliphatic imine (C=N–C) groups is 1. The fourth-order valence-electron chi connectivity index (χ4n) is 3.42. The van der Waals surface area contributed by atoms with Crippen molar-refractivity contribution in [3.05, 3.63) is 0 Å². The summed E-state index contributed by atoms with van der Waals surface area (Å²) in [6, 6.07) is -0.977. The molecule has 2 aliphatic heterocycles. The van der Waals surface area contributed by atoms with Gasteiger partial charge in [0.15, 0.2) is 17.4 Å². The van der Waals surface area contributed by atoms with E-state index < -0.39 is 18.2 Å². The molecule has 0 saturated carbocycles. The summed E-state index contributed by atoms with van der Waals surface area (Å²) in [6.45, 7) is 4.98. The molecule has 0 radical (unpaired) electrons. The molecule has 1 N–H and O–H groups in total. The molecule has 2 rings (SSSR count). The van der Waals surface area contributed by atoms with Crippen LogP contribution in [0.25, 0.3) is 0 Å². The maximum absolute atomic E-state index is 12.5. The fourth-order valence-corrected chi connectivity index (χ4v) is 4.30. The number of ether oxygens (including phenoxy) is 1. The molecule has 9 heteroatoms. The van der Waals surface area contributed by atoms with Crippen LogP contribution in [-0.2, 0) is 14.3 Å². The lowest BCUT2D eigenvalue weighted by Crippen LogP contribution is -2.63. The van der Waals surface area contributed by atoms with Crippen LogP contribution in [0.4, 0.5) is 4.79 Å². The SMILES string of the molecule is CCCCCCCCCN1C(SCC(=O)OCC)=NC2C1C(=O)NC(=O)N2C. The normalized spacial score (nSPS) is 21.5. The molecular formula is C19H32N4O4S. The van der Waals surface area contributed by atoms with Gasteiger partial charge in [0.25, 0.3) is 5.91 Å². The lowest BCUT2D eigenvalue weighted by Gasteiger charge is -2.36. The van der Waals surface area contributed by atoms with Gasteiger partial charge in [-0.2, -0.15) is 0 Å². The second-order valence-electron chi connectivity index (χ2n) is 7.08. The number of hydrogen-bond donors (Lipinski definition) is 1. The molecule has 2 aliphatic rings. The number of imide groups is 1. The molecule has 0 bridgehead atoms.